The van der Waals surface area contributed by atoms with Gasteiger partial charge in [0.05, 0.1) is 36.5 Å². The molecule has 0 bridgehead atoms. The van der Waals surface area contributed by atoms with Crippen molar-refractivity contribution in [2.75, 3.05) is 19.7 Å². The van der Waals surface area contributed by atoms with E-state index in [1.165, 1.54) is 17.4 Å². The molecule has 40 heavy (non-hydrogen) atoms. The first-order chi connectivity index (χ1) is 19.5. The van der Waals surface area contributed by atoms with E-state index in [9.17, 15) is 14.3 Å². The molecule has 2 aliphatic rings. The number of imidazole rings is 1. The van der Waals surface area contributed by atoms with E-state index in [1.54, 1.807) is 24.3 Å². The van der Waals surface area contributed by atoms with Crippen LogP contribution in [0.5, 0.6) is 5.88 Å². The highest BCUT2D eigenvalue weighted by Crippen LogP contribution is 2.30. The third-order valence-corrected chi connectivity index (χ3v) is 8.29. The van der Waals surface area contributed by atoms with E-state index in [2.05, 4.69) is 20.5 Å². The maximum Gasteiger partial charge on any atom is 0.346 e. The van der Waals surface area contributed by atoms with Gasteiger partial charge in [0.2, 0.25) is 5.88 Å². The number of aromatic carboxylic acids is 1. The summed E-state index contributed by atoms with van der Waals surface area (Å²) in [7, 11) is 0. The number of thiophene rings is 1. The Morgan fingerprint density at radius 3 is 2.85 bits per heavy atom. The van der Waals surface area contributed by atoms with Crippen molar-refractivity contribution in [1.29, 1.82) is 5.26 Å². The summed E-state index contributed by atoms with van der Waals surface area (Å²) >= 11 is 1.26. The number of halogens is 1. The summed E-state index contributed by atoms with van der Waals surface area (Å²) in [5.41, 5.74) is 3.28. The van der Waals surface area contributed by atoms with Crippen LogP contribution >= 0.6 is 11.3 Å². The van der Waals surface area contributed by atoms with Crippen LogP contribution in [0.1, 0.15) is 45.2 Å². The molecule has 0 amide bonds. The number of nitriles is 1. The van der Waals surface area contributed by atoms with Crippen LogP contribution in [0.25, 0.3) is 15.9 Å². The third kappa shape index (κ3) is 5.47. The lowest BCUT2D eigenvalue weighted by molar-refractivity contribution is -0.0591. The molecule has 2 aliphatic heterocycles. The van der Waals surface area contributed by atoms with Gasteiger partial charge in [0, 0.05) is 31.3 Å². The van der Waals surface area contributed by atoms with Gasteiger partial charge in [-0.05, 0) is 42.7 Å². The Hall–Kier alpha value is -4.11. The first-order valence-electron chi connectivity index (χ1n) is 13.0. The third-order valence-electron chi connectivity index (χ3n) is 7.16. The summed E-state index contributed by atoms with van der Waals surface area (Å²) in [6, 6.07) is 13.4. The van der Waals surface area contributed by atoms with Crippen molar-refractivity contribution in [1.82, 2.24) is 19.4 Å². The second-order valence-corrected chi connectivity index (χ2v) is 10.8. The van der Waals surface area contributed by atoms with Crippen LogP contribution in [0, 0.1) is 17.1 Å². The molecule has 1 aromatic carbocycles. The lowest BCUT2D eigenvalue weighted by atomic mass is 10.0. The van der Waals surface area contributed by atoms with E-state index < -0.39 is 11.8 Å². The number of hydrogen-bond acceptors (Lipinski definition) is 8. The average molecular weight is 560 g/mol. The number of carbonyl (C=O) groups is 1. The highest BCUT2D eigenvalue weighted by molar-refractivity contribution is 7.20. The minimum atomic E-state index is -0.936. The highest BCUT2D eigenvalue weighted by Gasteiger charge is 2.25. The summed E-state index contributed by atoms with van der Waals surface area (Å²) in [5.74, 6) is -0.0952. The quantitative estimate of drug-likeness (QED) is 0.309. The molecule has 0 saturated carbocycles. The van der Waals surface area contributed by atoms with Crippen molar-refractivity contribution in [3.05, 3.63) is 81.9 Å². The fourth-order valence-electron chi connectivity index (χ4n) is 4.86. The van der Waals surface area contributed by atoms with Gasteiger partial charge in [-0.3, -0.25) is 4.90 Å². The van der Waals surface area contributed by atoms with Gasteiger partial charge in [0.15, 0.2) is 0 Å². The molecule has 11 heteroatoms. The summed E-state index contributed by atoms with van der Waals surface area (Å²) < 4.78 is 27.7. The monoisotopic (exact) mass is 559 g/mol. The minimum absolute atomic E-state index is 0.0186. The Bertz CT molecular complexity index is 1650. The van der Waals surface area contributed by atoms with Crippen LogP contribution in [0.2, 0.25) is 0 Å². The summed E-state index contributed by atoms with van der Waals surface area (Å²) in [6.45, 7) is 3.63. The van der Waals surface area contributed by atoms with Gasteiger partial charge in [0.1, 0.15) is 33.5 Å². The van der Waals surface area contributed by atoms with Crippen molar-refractivity contribution in [3.63, 3.8) is 0 Å². The summed E-state index contributed by atoms with van der Waals surface area (Å²) in [5, 5.41) is 18.3. The van der Waals surface area contributed by atoms with Crippen LogP contribution < -0.4 is 4.74 Å². The summed E-state index contributed by atoms with van der Waals surface area (Å²) in [6.07, 6.45) is 4.08. The SMILES string of the molecule is N#Cc1ccc(COc2cccc(C3=CCN(Cc4nc5cc(C(=O)O)sc5n4CC4CCO4)CC3)n2)c(F)c1. The normalized spacial score (nSPS) is 17.3. The number of rotatable bonds is 9. The zero-order chi connectivity index (χ0) is 27.6. The number of carboxylic acids is 1. The van der Waals surface area contributed by atoms with Gasteiger partial charge in [-0.15, -0.1) is 11.3 Å². The predicted octanol–water partition coefficient (Wildman–Crippen LogP) is 4.86. The van der Waals surface area contributed by atoms with Gasteiger partial charge in [-0.1, -0.05) is 18.2 Å². The van der Waals surface area contributed by atoms with E-state index in [-0.39, 0.29) is 18.3 Å². The molecule has 5 heterocycles. The molecule has 1 fully saturated rings. The van der Waals surface area contributed by atoms with Crippen molar-refractivity contribution >= 4 is 33.2 Å². The molecule has 0 spiro atoms. The molecule has 0 radical (unpaired) electrons. The molecule has 4 aromatic rings. The molecule has 6 rings (SSSR count). The number of ether oxygens (including phenoxy) is 2. The number of pyridine rings is 1. The molecule has 3 aromatic heterocycles. The molecular formula is C29H26FN5O4S. The fraction of sp³-hybridized carbons (Fsp3) is 0.310. The number of carboxylic acid groups (broad SMARTS) is 1. The lowest BCUT2D eigenvalue weighted by Crippen LogP contribution is -2.33. The topological polar surface area (TPSA) is 114 Å². The molecular weight excluding hydrogens is 533 g/mol. The first kappa shape index (κ1) is 26.1. The van der Waals surface area contributed by atoms with E-state index >= 15 is 0 Å². The smallest absolute Gasteiger partial charge is 0.346 e. The minimum Gasteiger partial charge on any atom is -0.477 e. The molecule has 204 valence electrons. The second-order valence-electron chi connectivity index (χ2n) is 9.81. The van der Waals surface area contributed by atoms with E-state index in [4.69, 9.17) is 19.7 Å². The van der Waals surface area contributed by atoms with Crippen LogP contribution in [-0.2, 0) is 24.4 Å². The van der Waals surface area contributed by atoms with Crippen LogP contribution in [0.4, 0.5) is 4.39 Å². The van der Waals surface area contributed by atoms with E-state index in [0.717, 1.165) is 54.5 Å². The van der Waals surface area contributed by atoms with Gasteiger partial charge in [-0.25, -0.2) is 19.2 Å². The zero-order valence-corrected chi connectivity index (χ0v) is 22.4. The maximum atomic E-state index is 14.2. The lowest BCUT2D eigenvalue weighted by Gasteiger charge is -2.29. The van der Waals surface area contributed by atoms with Crippen molar-refractivity contribution in [3.8, 4) is 11.9 Å². The molecule has 1 atom stereocenters. The number of nitrogens with zero attached hydrogens (tertiary/aromatic N) is 5. The van der Waals surface area contributed by atoms with Crippen LogP contribution in [-0.4, -0.2) is 56.3 Å². The number of benzene rings is 1. The number of hydrogen-bond donors (Lipinski definition) is 1. The van der Waals surface area contributed by atoms with Gasteiger partial charge in [0.25, 0.3) is 0 Å². The Morgan fingerprint density at radius 2 is 2.15 bits per heavy atom. The maximum absolute atomic E-state index is 14.2. The van der Waals surface area contributed by atoms with Gasteiger partial charge in [-0.2, -0.15) is 5.26 Å². The second kappa shape index (κ2) is 11.2. The van der Waals surface area contributed by atoms with Crippen molar-refractivity contribution in [2.45, 2.75) is 38.6 Å². The molecule has 0 aliphatic carbocycles. The number of aromatic nitrogens is 3. The van der Waals surface area contributed by atoms with E-state index in [0.29, 0.717) is 34.9 Å². The molecule has 1 unspecified atom stereocenters. The van der Waals surface area contributed by atoms with E-state index in [1.807, 2.05) is 18.2 Å². The molecule has 1 saturated heterocycles. The largest absolute Gasteiger partial charge is 0.477 e. The van der Waals surface area contributed by atoms with Crippen LogP contribution in [0.3, 0.4) is 0 Å². The Balaban J connectivity index is 1.12. The van der Waals surface area contributed by atoms with Crippen LogP contribution in [0.15, 0.2) is 48.5 Å². The van der Waals surface area contributed by atoms with Crippen molar-refractivity contribution in [2.24, 2.45) is 0 Å². The Labute approximate surface area is 233 Å². The average Bonchev–Trinajstić information content (AvgIpc) is 3.49. The molecule has 9 nitrogen and oxygen atoms in total. The first-order valence-corrected chi connectivity index (χ1v) is 13.8. The Kier molecular flexibility index (Phi) is 7.30. The van der Waals surface area contributed by atoms with Gasteiger partial charge >= 0.3 is 5.97 Å². The summed E-state index contributed by atoms with van der Waals surface area (Å²) in [4.78, 5) is 24.4. The zero-order valence-electron chi connectivity index (χ0n) is 21.5. The van der Waals surface area contributed by atoms with Gasteiger partial charge < -0.3 is 19.1 Å². The standard InChI is InChI=1S/C29H26FN5O4S/c30-22-12-18(14-31)4-5-20(22)17-39-27-3-1-2-23(33-27)19-6-9-34(10-7-19)16-26-32-24-13-25(29(36)37)40-28(24)35(26)15-21-8-11-38-21/h1-6,12-13,21H,7-11,15-17H2,(H,36,37). The number of fused-ring (bicyclic) bond motifs is 1. The highest BCUT2D eigenvalue weighted by atomic mass is 32.1. The Morgan fingerprint density at radius 1 is 1.27 bits per heavy atom. The molecule has 1 N–H and O–H groups in total. The predicted molar refractivity (Wildman–Crippen MR) is 146 cm³/mol. The fourth-order valence-corrected chi connectivity index (χ4v) is 5.82. The van der Waals surface area contributed by atoms with Crippen molar-refractivity contribution < 1.29 is 23.8 Å².